The maximum Gasteiger partial charge on any atom is 1.00 e. The van der Waals surface area contributed by atoms with Gasteiger partial charge in [-0.3, -0.25) is 0 Å². The van der Waals surface area contributed by atoms with Crippen LogP contribution in [0.25, 0.3) is 0 Å². The second-order valence-electron chi connectivity index (χ2n) is 5.94. The first-order chi connectivity index (χ1) is 10.0. The van der Waals surface area contributed by atoms with E-state index in [2.05, 4.69) is 6.92 Å². The van der Waals surface area contributed by atoms with Crippen LogP contribution >= 0.6 is 0 Å². The zero-order valence-corrected chi connectivity index (χ0v) is 17.6. The molecule has 0 heterocycles. The molecular formula is C17H30LiNaO4. The van der Waals surface area contributed by atoms with E-state index in [1.54, 1.807) is 6.92 Å². The summed E-state index contributed by atoms with van der Waals surface area (Å²) >= 11 is 0. The van der Waals surface area contributed by atoms with Gasteiger partial charge in [-0.15, -0.1) is 0 Å². The summed E-state index contributed by atoms with van der Waals surface area (Å²) in [6.07, 6.45) is 11.4. The minimum absolute atomic E-state index is 0. The summed E-state index contributed by atoms with van der Waals surface area (Å²) in [6.45, 7) is 3.76. The first-order valence-corrected chi connectivity index (χ1v) is 8.44. The van der Waals surface area contributed by atoms with Crippen LogP contribution in [-0.4, -0.2) is 11.9 Å². The van der Waals surface area contributed by atoms with E-state index in [0.717, 1.165) is 19.3 Å². The van der Waals surface area contributed by atoms with Crippen LogP contribution in [0.3, 0.4) is 0 Å². The van der Waals surface area contributed by atoms with Gasteiger partial charge in [0.15, 0.2) is 0 Å². The van der Waals surface area contributed by atoms with E-state index >= 15 is 0 Å². The van der Waals surface area contributed by atoms with Gasteiger partial charge in [0.1, 0.15) is 0 Å². The van der Waals surface area contributed by atoms with Gasteiger partial charge >= 0.3 is 48.4 Å². The van der Waals surface area contributed by atoms with Gasteiger partial charge in [0, 0.05) is 5.41 Å². The molecule has 0 bridgehead atoms. The van der Waals surface area contributed by atoms with E-state index in [9.17, 15) is 19.8 Å². The number of unbranched alkanes of at least 4 members (excludes halogenated alkanes) is 9. The van der Waals surface area contributed by atoms with Crippen molar-refractivity contribution in [3.63, 3.8) is 0 Å². The van der Waals surface area contributed by atoms with Crippen LogP contribution in [0.5, 0.6) is 0 Å². The van der Waals surface area contributed by atoms with E-state index < -0.39 is 17.4 Å². The number of carbonyl (C=O) groups excluding carboxylic acids is 2. The quantitative estimate of drug-likeness (QED) is 0.186. The summed E-state index contributed by atoms with van der Waals surface area (Å²) in [6, 6.07) is 0. The summed E-state index contributed by atoms with van der Waals surface area (Å²) in [4.78, 5) is 22.1. The van der Waals surface area contributed by atoms with Gasteiger partial charge in [0.05, 0.1) is 11.9 Å². The summed E-state index contributed by atoms with van der Waals surface area (Å²) in [5.41, 5.74) is -1.81. The normalized spacial score (nSPS) is 10.5. The molecule has 0 aliphatic carbocycles. The van der Waals surface area contributed by atoms with Crippen LogP contribution in [0.15, 0.2) is 0 Å². The van der Waals surface area contributed by atoms with E-state index in [0.29, 0.717) is 6.42 Å². The third-order valence-corrected chi connectivity index (χ3v) is 4.34. The van der Waals surface area contributed by atoms with Crippen LogP contribution in [0.2, 0.25) is 0 Å². The maximum absolute atomic E-state index is 11.1. The summed E-state index contributed by atoms with van der Waals surface area (Å²) in [5.74, 6) is -3.03. The largest absolute Gasteiger partial charge is 1.00 e. The average Bonchev–Trinajstić information content (AvgIpc) is 2.44. The zero-order chi connectivity index (χ0) is 16.1. The fourth-order valence-corrected chi connectivity index (χ4v) is 2.67. The van der Waals surface area contributed by atoms with Crippen molar-refractivity contribution in [2.75, 3.05) is 0 Å². The molecule has 0 radical (unpaired) electrons. The first-order valence-electron chi connectivity index (χ1n) is 8.44. The molecule has 0 aliphatic rings. The monoisotopic (exact) mass is 328 g/mol. The molecule has 0 spiro atoms. The third-order valence-electron chi connectivity index (χ3n) is 4.34. The predicted octanol–water partition coefficient (Wildman–Crippen LogP) is -3.80. The molecule has 0 amide bonds. The Labute approximate surface area is 175 Å². The molecule has 0 unspecified atom stereocenters. The molecule has 0 N–H and O–H groups in total. The number of hydrogen-bond donors (Lipinski definition) is 0. The average molecular weight is 328 g/mol. The van der Waals surface area contributed by atoms with E-state index in [4.69, 9.17) is 0 Å². The molecule has 4 nitrogen and oxygen atoms in total. The Bertz CT molecular complexity index is 297. The second kappa shape index (κ2) is 17.4. The van der Waals surface area contributed by atoms with Gasteiger partial charge in [-0.1, -0.05) is 78.1 Å². The SMILES string of the molecule is CCCCCCCCCCCCC(CC)(C(=O)[O-])C(=O)[O-].[Li+].[Na+]. The molecule has 6 heteroatoms. The van der Waals surface area contributed by atoms with Crippen molar-refractivity contribution < 1.29 is 68.2 Å². The fourth-order valence-electron chi connectivity index (χ4n) is 2.67. The van der Waals surface area contributed by atoms with Gasteiger partial charge in [0.25, 0.3) is 0 Å². The van der Waals surface area contributed by atoms with Crippen molar-refractivity contribution >= 4 is 11.9 Å². The molecule has 124 valence electrons. The second-order valence-corrected chi connectivity index (χ2v) is 5.94. The third kappa shape index (κ3) is 11.7. The number of carboxylic acid groups (broad SMARTS) is 2. The minimum Gasteiger partial charge on any atom is -0.549 e. The minimum atomic E-state index is -1.81. The van der Waals surface area contributed by atoms with Gasteiger partial charge in [-0.2, -0.15) is 0 Å². The molecular weight excluding hydrogens is 298 g/mol. The molecule has 0 saturated carbocycles. The Hall–Kier alpha value is 0.537. The van der Waals surface area contributed by atoms with E-state index in [1.807, 2.05) is 0 Å². The summed E-state index contributed by atoms with van der Waals surface area (Å²) < 4.78 is 0. The zero-order valence-electron chi connectivity index (χ0n) is 15.6. The number of aliphatic carboxylic acids is 2. The molecule has 0 aliphatic heterocycles. The van der Waals surface area contributed by atoms with Crippen LogP contribution in [0.1, 0.15) is 90.9 Å². The molecule has 0 saturated heterocycles. The van der Waals surface area contributed by atoms with Crippen molar-refractivity contribution in [3.05, 3.63) is 0 Å². The molecule has 0 aromatic rings. The Morgan fingerprint density at radius 3 is 1.39 bits per heavy atom. The van der Waals surface area contributed by atoms with Crippen LogP contribution in [0.4, 0.5) is 0 Å². The van der Waals surface area contributed by atoms with Crippen molar-refractivity contribution in [1.29, 1.82) is 0 Å². The molecule has 0 aromatic heterocycles. The molecule has 0 aromatic carbocycles. The van der Waals surface area contributed by atoms with E-state index in [-0.39, 0.29) is 61.3 Å². The van der Waals surface area contributed by atoms with Crippen LogP contribution in [0, 0.1) is 5.41 Å². The Balaban J connectivity index is -0.00000200. The first kappa shape index (κ1) is 28.3. The van der Waals surface area contributed by atoms with Gasteiger partial charge < -0.3 is 19.8 Å². The smallest absolute Gasteiger partial charge is 0.549 e. The molecule has 23 heavy (non-hydrogen) atoms. The number of hydrogen-bond acceptors (Lipinski definition) is 4. The predicted molar refractivity (Wildman–Crippen MR) is 79.2 cm³/mol. The van der Waals surface area contributed by atoms with E-state index in [1.165, 1.54) is 38.5 Å². The fraction of sp³-hybridized carbons (Fsp3) is 0.882. The number of rotatable bonds is 14. The molecule has 0 atom stereocenters. The Morgan fingerprint density at radius 2 is 1.09 bits per heavy atom. The summed E-state index contributed by atoms with van der Waals surface area (Å²) in [5, 5.41) is 22.1. The van der Waals surface area contributed by atoms with Crippen LogP contribution < -0.4 is 58.6 Å². The van der Waals surface area contributed by atoms with Gasteiger partial charge in [-0.25, -0.2) is 0 Å². The Kier molecular flexibility index (Phi) is 21.4. The Morgan fingerprint density at radius 1 is 0.739 bits per heavy atom. The topological polar surface area (TPSA) is 80.3 Å². The molecule has 0 rings (SSSR count). The maximum atomic E-state index is 11.1. The molecule has 0 fully saturated rings. The van der Waals surface area contributed by atoms with Crippen molar-refractivity contribution in [2.45, 2.75) is 90.9 Å². The van der Waals surface area contributed by atoms with Crippen LogP contribution in [-0.2, 0) is 9.59 Å². The number of carbonyl (C=O) groups is 2. The van der Waals surface area contributed by atoms with Crippen molar-refractivity contribution in [3.8, 4) is 0 Å². The summed E-state index contributed by atoms with van der Waals surface area (Å²) in [7, 11) is 0. The number of carboxylic acids is 2. The van der Waals surface area contributed by atoms with Gasteiger partial charge in [0.2, 0.25) is 0 Å². The van der Waals surface area contributed by atoms with Crippen molar-refractivity contribution in [1.82, 2.24) is 0 Å². The standard InChI is InChI=1S/C17H32O4.Li.Na/c1-3-5-6-7-8-9-10-11-12-13-14-17(4-2,15(18)19)16(20)21;;/h3-14H2,1-2H3,(H,18,19)(H,20,21);;/q;2*+1/p-2. The van der Waals surface area contributed by atoms with Crippen molar-refractivity contribution in [2.24, 2.45) is 5.41 Å². The van der Waals surface area contributed by atoms with Gasteiger partial charge in [-0.05, 0) is 12.8 Å².